The number of carbonyl (C=O) groups is 1. The second kappa shape index (κ2) is 8.16. The van der Waals surface area contributed by atoms with E-state index in [1.165, 1.54) is 24.8 Å². The van der Waals surface area contributed by atoms with E-state index in [2.05, 4.69) is 15.5 Å². The van der Waals surface area contributed by atoms with Gasteiger partial charge in [-0.15, -0.1) is 10.2 Å². The number of amides is 1. The molecule has 0 bridgehead atoms. The minimum atomic E-state index is -0.436. The van der Waals surface area contributed by atoms with Crippen LogP contribution in [0.4, 0.5) is 5.69 Å². The molecule has 1 N–H and O–H groups in total. The molecule has 30 heavy (non-hydrogen) atoms. The number of aromatic nitrogens is 3. The number of nitrogens with zero attached hydrogens (tertiary/aromatic N) is 3. The van der Waals surface area contributed by atoms with Crippen LogP contribution in [0.5, 0.6) is 0 Å². The number of aryl methyl sites for hydroxylation is 2. The van der Waals surface area contributed by atoms with E-state index in [-0.39, 0.29) is 5.91 Å². The van der Waals surface area contributed by atoms with E-state index in [9.17, 15) is 9.59 Å². The Hall–Kier alpha value is -3.39. The molecule has 8 heteroatoms. The molecule has 0 aliphatic heterocycles. The van der Waals surface area contributed by atoms with Gasteiger partial charge in [0.15, 0.2) is 5.16 Å². The van der Waals surface area contributed by atoms with Gasteiger partial charge in [-0.25, -0.2) is 4.79 Å². The number of carbonyl (C=O) groups excluding carboxylic acids is 1. The predicted octanol–water partition coefficient (Wildman–Crippen LogP) is 4.24. The summed E-state index contributed by atoms with van der Waals surface area (Å²) in [5.41, 5.74) is 3.56. The minimum absolute atomic E-state index is 0.186. The number of nitrogens with one attached hydrogen (secondary N) is 1. The molecule has 4 aromatic rings. The van der Waals surface area contributed by atoms with Gasteiger partial charge in [-0.1, -0.05) is 30.0 Å². The van der Waals surface area contributed by atoms with Gasteiger partial charge in [-0.3, -0.25) is 9.36 Å². The highest BCUT2D eigenvalue weighted by atomic mass is 32.2. The summed E-state index contributed by atoms with van der Waals surface area (Å²) in [7, 11) is 0. The van der Waals surface area contributed by atoms with Crippen molar-refractivity contribution >= 4 is 34.3 Å². The summed E-state index contributed by atoms with van der Waals surface area (Å²) in [4.78, 5) is 23.4. The molecule has 0 aliphatic rings. The van der Waals surface area contributed by atoms with Crippen molar-refractivity contribution in [3.8, 4) is 5.69 Å². The molecule has 0 aliphatic carbocycles. The first-order chi connectivity index (χ1) is 14.4. The van der Waals surface area contributed by atoms with Crippen LogP contribution in [0.2, 0.25) is 0 Å². The Labute approximate surface area is 177 Å². The quantitative estimate of drug-likeness (QED) is 0.384. The number of thioether (sulfide) groups is 1. The minimum Gasteiger partial charge on any atom is -0.423 e. The third-order valence-corrected chi connectivity index (χ3v) is 5.64. The molecule has 1 amide bonds. The Bertz CT molecular complexity index is 1310. The van der Waals surface area contributed by atoms with E-state index in [0.29, 0.717) is 17.0 Å². The van der Waals surface area contributed by atoms with E-state index in [1.54, 1.807) is 12.1 Å². The Balaban J connectivity index is 1.67. The van der Waals surface area contributed by atoms with Crippen molar-refractivity contribution in [2.75, 3.05) is 5.32 Å². The molecule has 2 aromatic carbocycles. The lowest BCUT2D eigenvalue weighted by atomic mass is 10.1. The summed E-state index contributed by atoms with van der Waals surface area (Å²) in [6.45, 7) is 5.39. The number of benzene rings is 2. The highest BCUT2D eigenvalue weighted by Crippen LogP contribution is 2.29. The monoisotopic (exact) mass is 420 g/mol. The maximum atomic E-state index is 12.1. The lowest BCUT2D eigenvalue weighted by Crippen LogP contribution is -2.06. The van der Waals surface area contributed by atoms with Gasteiger partial charge in [0, 0.05) is 35.9 Å². The molecular weight excluding hydrogens is 400 g/mol. The van der Waals surface area contributed by atoms with Crippen LogP contribution in [-0.2, 0) is 10.5 Å². The van der Waals surface area contributed by atoms with Crippen LogP contribution < -0.4 is 10.9 Å². The Kier molecular flexibility index (Phi) is 5.41. The molecule has 0 spiro atoms. The van der Waals surface area contributed by atoms with Crippen molar-refractivity contribution < 1.29 is 9.21 Å². The van der Waals surface area contributed by atoms with E-state index >= 15 is 0 Å². The van der Waals surface area contributed by atoms with Crippen LogP contribution in [0.15, 0.2) is 62.9 Å². The normalized spacial score (nSPS) is 11.0. The fourth-order valence-corrected chi connectivity index (χ4v) is 4.28. The fraction of sp³-hybridized carbons (Fsp3) is 0.182. The van der Waals surface area contributed by atoms with Gasteiger partial charge in [0.1, 0.15) is 11.4 Å². The zero-order valence-corrected chi connectivity index (χ0v) is 17.6. The smallest absolute Gasteiger partial charge is 0.336 e. The van der Waals surface area contributed by atoms with Crippen molar-refractivity contribution in [1.29, 1.82) is 0 Å². The highest BCUT2D eigenvalue weighted by Gasteiger charge is 2.15. The molecule has 2 aromatic heterocycles. The molecule has 0 saturated carbocycles. The standard InChI is InChI=1S/C22H20N4O3S/c1-13-6-4-5-7-19(13)26-14(2)24-25-22(26)30-12-16-10-21(28)29-20-11-17(23-15(3)27)8-9-18(16)20/h4-11H,12H2,1-3H3,(H,23,27). The lowest BCUT2D eigenvalue weighted by molar-refractivity contribution is -0.114. The largest absolute Gasteiger partial charge is 0.423 e. The fourth-order valence-electron chi connectivity index (χ4n) is 3.30. The molecule has 152 valence electrons. The predicted molar refractivity (Wildman–Crippen MR) is 117 cm³/mol. The van der Waals surface area contributed by atoms with Crippen molar-refractivity contribution in [3.63, 3.8) is 0 Å². The summed E-state index contributed by atoms with van der Waals surface area (Å²) in [5.74, 6) is 1.13. The van der Waals surface area contributed by atoms with Gasteiger partial charge in [0.2, 0.25) is 5.91 Å². The third-order valence-electron chi connectivity index (χ3n) is 4.66. The van der Waals surface area contributed by atoms with Gasteiger partial charge in [0.25, 0.3) is 0 Å². The molecular formula is C22H20N4O3S. The molecule has 0 radical (unpaired) electrons. The van der Waals surface area contributed by atoms with Gasteiger partial charge < -0.3 is 9.73 Å². The lowest BCUT2D eigenvalue weighted by Gasteiger charge is -2.11. The first-order valence-corrected chi connectivity index (χ1v) is 10.4. The first-order valence-electron chi connectivity index (χ1n) is 9.37. The van der Waals surface area contributed by atoms with Crippen molar-refractivity contribution in [2.45, 2.75) is 31.7 Å². The van der Waals surface area contributed by atoms with Crippen molar-refractivity contribution in [2.24, 2.45) is 0 Å². The van der Waals surface area contributed by atoms with Crippen LogP contribution in [0.1, 0.15) is 23.9 Å². The third kappa shape index (κ3) is 3.99. The Morgan fingerprint density at radius 3 is 2.70 bits per heavy atom. The molecule has 0 fully saturated rings. The number of fused-ring (bicyclic) bond motifs is 1. The molecule has 2 heterocycles. The summed E-state index contributed by atoms with van der Waals surface area (Å²) in [6.07, 6.45) is 0. The summed E-state index contributed by atoms with van der Waals surface area (Å²) in [5, 5.41) is 12.8. The van der Waals surface area contributed by atoms with E-state index < -0.39 is 5.63 Å². The van der Waals surface area contributed by atoms with Gasteiger partial charge in [-0.2, -0.15) is 0 Å². The maximum absolute atomic E-state index is 12.1. The van der Waals surface area contributed by atoms with Crippen LogP contribution in [0.3, 0.4) is 0 Å². The summed E-state index contributed by atoms with van der Waals surface area (Å²) < 4.78 is 7.36. The average Bonchev–Trinajstić information content (AvgIpc) is 3.06. The number of para-hydroxylation sites is 1. The molecule has 4 rings (SSSR count). The topological polar surface area (TPSA) is 90.0 Å². The average molecular weight is 420 g/mol. The van der Waals surface area contributed by atoms with Crippen LogP contribution in [0.25, 0.3) is 16.7 Å². The van der Waals surface area contributed by atoms with Crippen molar-refractivity contribution in [1.82, 2.24) is 14.8 Å². The van der Waals surface area contributed by atoms with E-state index in [4.69, 9.17) is 4.42 Å². The van der Waals surface area contributed by atoms with E-state index in [0.717, 1.165) is 33.2 Å². The highest BCUT2D eigenvalue weighted by molar-refractivity contribution is 7.98. The van der Waals surface area contributed by atoms with Gasteiger partial charge in [0.05, 0.1) is 5.69 Å². The molecule has 0 saturated heterocycles. The summed E-state index contributed by atoms with van der Waals surface area (Å²) >= 11 is 1.50. The van der Waals surface area contributed by atoms with Gasteiger partial charge in [-0.05, 0) is 43.2 Å². The maximum Gasteiger partial charge on any atom is 0.336 e. The number of hydrogen-bond acceptors (Lipinski definition) is 6. The number of hydrogen-bond donors (Lipinski definition) is 1. The van der Waals surface area contributed by atoms with Crippen molar-refractivity contribution in [3.05, 3.63) is 75.9 Å². The second-order valence-corrected chi connectivity index (χ2v) is 7.87. The Morgan fingerprint density at radius 2 is 1.93 bits per heavy atom. The number of anilines is 1. The SMILES string of the molecule is CC(=O)Nc1ccc2c(CSc3nnc(C)n3-c3ccccc3C)cc(=O)oc2c1. The molecule has 0 atom stereocenters. The van der Waals surface area contributed by atoms with Crippen LogP contribution in [-0.4, -0.2) is 20.7 Å². The number of rotatable bonds is 5. The summed E-state index contributed by atoms with van der Waals surface area (Å²) in [6, 6.07) is 14.8. The van der Waals surface area contributed by atoms with Gasteiger partial charge >= 0.3 is 5.63 Å². The molecule has 7 nitrogen and oxygen atoms in total. The molecule has 0 unspecified atom stereocenters. The zero-order chi connectivity index (χ0) is 21.3. The first kappa shape index (κ1) is 19.9. The zero-order valence-electron chi connectivity index (χ0n) is 16.8. The van der Waals surface area contributed by atoms with Crippen LogP contribution in [0, 0.1) is 13.8 Å². The van der Waals surface area contributed by atoms with E-state index in [1.807, 2.05) is 48.7 Å². The Morgan fingerprint density at radius 1 is 1.13 bits per heavy atom. The second-order valence-electron chi connectivity index (χ2n) is 6.92. The van der Waals surface area contributed by atoms with Crippen LogP contribution >= 0.6 is 11.8 Å².